The maximum Gasteiger partial charge on any atom is 0.307 e. The molecule has 0 fully saturated rings. The highest BCUT2D eigenvalue weighted by atomic mass is 16.4. The van der Waals surface area contributed by atoms with Crippen LogP contribution in [0.15, 0.2) is 12.1 Å². The lowest BCUT2D eigenvalue weighted by atomic mass is 9.99. The van der Waals surface area contributed by atoms with E-state index in [1.165, 1.54) is 0 Å². The molecule has 1 aromatic carbocycles. The number of phenolic OH excluding ortho intramolecular Hbond substituents is 1. The Morgan fingerprint density at radius 1 is 1.20 bits per heavy atom. The fourth-order valence-electron chi connectivity index (χ4n) is 1.65. The smallest absolute Gasteiger partial charge is 0.307 e. The summed E-state index contributed by atoms with van der Waals surface area (Å²) in [5.74, 6) is -0.529. The van der Waals surface area contributed by atoms with Gasteiger partial charge in [0.1, 0.15) is 5.75 Å². The van der Waals surface area contributed by atoms with E-state index in [4.69, 9.17) is 5.11 Å². The van der Waals surface area contributed by atoms with Crippen LogP contribution in [0.4, 0.5) is 0 Å². The van der Waals surface area contributed by atoms with Gasteiger partial charge in [-0.3, -0.25) is 4.79 Å². The van der Waals surface area contributed by atoms with Crippen LogP contribution in [0.25, 0.3) is 0 Å². The van der Waals surface area contributed by atoms with Gasteiger partial charge in [-0.15, -0.1) is 0 Å². The van der Waals surface area contributed by atoms with Gasteiger partial charge in [0.15, 0.2) is 0 Å². The van der Waals surface area contributed by atoms with E-state index in [1.807, 2.05) is 13.8 Å². The number of benzene rings is 1. The van der Waals surface area contributed by atoms with Crippen molar-refractivity contribution in [2.24, 2.45) is 0 Å². The molecule has 0 saturated carbocycles. The Balaban J connectivity index is 3.14. The molecule has 0 aromatic heterocycles. The topological polar surface area (TPSA) is 57.5 Å². The molecular weight excluding hydrogens is 192 g/mol. The molecule has 82 valence electrons. The van der Waals surface area contributed by atoms with Crippen LogP contribution < -0.4 is 0 Å². The SMILES string of the molecule is CCc1cc(CC(=O)O)cc(CC)c1O. The number of hydrogen-bond acceptors (Lipinski definition) is 2. The first-order valence-corrected chi connectivity index (χ1v) is 5.13. The number of hydrogen-bond donors (Lipinski definition) is 2. The van der Waals surface area contributed by atoms with Crippen LogP contribution >= 0.6 is 0 Å². The zero-order valence-electron chi connectivity index (χ0n) is 9.08. The van der Waals surface area contributed by atoms with Crippen LogP contribution in [0.2, 0.25) is 0 Å². The van der Waals surface area contributed by atoms with Crippen molar-refractivity contribution in [2.75, 3.05) is 0 Å². The van der Waals surface area contributed by atoms with Gasteiger partial charge in [0.05, 0.1) is 6.42 Å². The Bertz CT molecular complexity index is 344. The Hall–Kier alpha value is -1.51. The van der Waals surface area contributed by atoms with Crippen molar-refractivity contribution in [3.8, 4) is 5.75 Å². The quantitative estimate of drug-likeness (QED) is 0.797. The molecule has 0 aliphatic carbocycles. The van der Waals surface area contributed by atoms with Crippen molar-refractivity contribution < 1.29 is 15.0 Å². The third kappa shape index (κ3) is 2.72. The van der Waals surface area contributed by atoms with Gasteiger partial charge in [-0.05, 0) is 29.5 Å². The predicted molar refractivity (Wildman–Crippen MR) is 58.2 cm³/mol. The van der Waals surface area contributed by atoms with Crippen LogP contribution in [-0.4, -0.2) is 16.2 Å². The van der Waals surface area contributed by atoms with Gasteiger partial charge < -0.3 is 10.2 Å². The average molecular weight is 208 g/mol. The summed E-state index contributed by atoms with van der Waals surface area (Å²) >= 11 is 0. The minimum Gasteiger partial charge on any atom is -0.507 e. The molecule has 15 heavy (non-hydrogen) atoms. The number of aryl methyl sites for hydroxylation is 2. The Labute approximate surface area is 89.4 Å². The highest BCUT2D eigenvalue weighted by molar-refractivity contribution is 5.70. The van der Waals surface area contributed by atoms with Gasteiger partial charge in [0.25, 0.3) is 0 Å². The van der Waals surface area contributed by atoms with Gasteiger partial charge in [0, 0.05) is 0 Å². The van der Waals surface area contributed by atoms with Crippen molar-refractivity contribution in [1.82, 2.24) is 0 Å². The zero-order valence-corrected chi connectivity index (χ0v) is 9.08. The first kappa shape index (κ1) is 11.6. The fraction of sp³-hybridized carbons (Fsp3) is 0.417. The number of carboxylic acid groups (broad SMARTS) is 1. The number of aromatic hydroxyl groups is 1. The molecule has 0 unspecified atom stereocenters. The van der Waals surface area contributed by atoms with Gasteiger partial charge in [0.2, 0.25) is 0 Å². The fourth-order valence-corrected chi connectivity index (χ4v) is 1.65. The second-order valence-corrected chi connectivity index (χ2v) is 3.54. The number of carbonyl (C=O) groups is 1. The largest absolute Gasteiger partial charge is 0.507 e. The van der Waals surface area contributed by atoms with E-state index in [2.05, 4.69) is 0 Å². The summed E-state index contributed by atoms with van der Waals surface area (Å²) in [4.78, 5) is 10.6. The summed E-state index contributed by atoms with van der Waals surface area (Å²) in [6.07, 6.45) is 1.44. The first-order valence-electron chi connectivity index (χ1n) is 5.13. The maximum atomic E-state index is 10.6. The summed E-state index contributed by atoms with van der Waals surface area (Å²) < 4.78 is 0. The molecular formula is C12H16O3. The molecule has 0 aliphatic rings. The second-order valence-electron chi connectivity index (χ2n) is 3.54. The van der Waals surface area contributed by atoms with E-state index in [9.17, 15) is 9.90 Å². The highest BCUT2D eigenvalue weighted by Crippen LogP contribution is 2.25. The molecule has 0 atom stereocenters. The molecule has 2 N–H and O–H groups in total. The highest BCUT2D eigenvalue weighted by Gasteiger charge is 2.09. The normalized spacial score (nSPS) is 10.3. The minimum atomic E-state index is -0.843. The van der Waals surface area contributed by atoms with Crippen molar-refractivity contribution >= 4 is 5.97 Å². The average Bonchev–Trinajstić information content (AvgIpc) is 2.19. The van der Waals surface area contributed by atoms with Crippen molar-refractivity contribution in [2.45, 2.75) is 33.1 Å². The molecule has 0 saturated heterocycles. The van der Waals surface area contributed by atoms with Gasteiger partial charge in [-0.1, -0.05) is 26.0 Å². The van der Waals surface area contributed by atoms with Gasteiger partial charge >= 0.3 is 5.97 Å². The summed E-state index contributed by atoms with van der Waals surface area (Å²) in [6.45, 7) is 3.89. The summed E-state index contributed by atoms with van der Waals surface area (Å²) in [7, 11) is 0. The third-order valence-electron chi connectivity index (χ3n) is 2.44. The minimum absolute atomic E-state index is 0.0142. The van der Waals surface area contributed by atoms with Crippen LogP contribution in [0.5, 0.6) is 5.75 Å². The molecule has 0 bridgehead atoms. The molecule has 0 spiro atoms. The van der Waals surface area contributed by atoms with Crippen molar-refractivity contribution in [1.29, 1.82) is 0 Å². The Kier molecular flexibility index (Phi) is 3.72. The lowest BCUT2D eigenvalue weighted by Crippen LogP contribution is -2.02. The van der Waals surface area contributed by atoms with Crippen molar-refractivity contribution in [3.63, 3.8) is 0 Å². The molecule has 0 aliphatic heterocycles. The summed E-state index contributed by atoms with van der Waals surface area (Å²) in [5, 5.41) is 18.5. The number of carboxylic acids is 1. The Morgan fingerprint density at radius 3 is 2.00 bits per heavy atom. The van der Waals surface area contributed by atoms with Crippen molar-refractivity contribution in [3.05, 3.63) is 28.8 Å². The van der Waals surface area contributed by atoms with E-state index in [1.54, 1.807) is 12.1 Å². The molecule has 0 amide bonds. The van der Waals surface area contributed by atoms with Crippen LogP contribution in [-0.2, 0) is 24.1 Å². The zero-order chi connectivity index (χ0) is 11.4. The molecule has 3 heteroatoms. The van der Waals surface area contributed by atoms with Gasteiger partial charge in [-0.25, -0.2) is 0 Å². The standard InChI is InChI=1S/C12H16O3/c1-3-9-5-8(7-11(13)14)6-10(4-2)12(9)15/h5-6,15H,3-4,7H2,1-2H3,(H,13,14). The molecule has 0 radical (unpaired) electrons. The van der Waals surface area contributed by atoms with E-state index in [-0.39, 0.29) is 6.42 Å². The van der Waals surface area contributed by atoms with E-state index < -0.39 is 5.97 Å². The predicted octanol–water partition coefficient (Wildman–Crippen LogP) is 2.14. The number of phenols is 1. The van der Waals surface area contributed by atoms with Crippen LogP contribution in [0.1, 0.15) is 30.5 Å². The first-order chi connectivity index (χ1) is 7.08. The maximum absolute atomic E-state index is 10.6. The third-order valence-corrected chi connectivity index (χ3v) is 2.44. The molecule has 0 heterocycles. The van der Waals surface area contributed by atoms with Gasteiger partial charge in [-0.2, -0.15) is 0 Å². The van der Waals surface area contributed by atoms with Crippen LogP contribution in [0.3, 0.4) is 0 Å². The lowest BCUT2D eigenvalue weighted by molar-refractivity contribution is -0.136. The number of aliphatic carboxylic acids is 1. The molecule has 1 rings (SSSR count). The van der Waals surface area contributed by atoms with E-state index >= 15 is 0 Å². The monoisotopic (exact) mass is 208 g/mol. The molecule has 3 nitrogen and oxygen atoms in total. The summed E-state index contributed by atoms with van der Waals surface area (Å²) in [6, 6.07) is 3.53. The second kappa shape index (κ2) is 4.82. The Morgan fingerprint density at radius 2 is 1.67 bits per heavy atom. The van der Waals surface area contributed by atoms with Crippen LogP contribution in [0, 0.1) is 0 Å². The lowest BCUT2D eigenvalue weighted by Gasteiger charge is -2.09. The molecule has 1 aromatic rings. The van der Waals surface area contributed by atoms with E-state index in [0.29, 0.717) is 18.6 Å². The number of rotatable bonds is 4. The summed E-state index contributed by atoms with van der Waals surface area (Å²) in [5.41, 5.74) is 2.41. The van der Waals surface area contributed by atoms with E-state index in [0.717, 1.165) is 16.7 Å².